The predicted molar refractivity (Wildman–Crippen MR) is 37.6 cm³/mol. The van der Waals surface area contributed by atoms with Crippen molar-refractivity contribution in [1.29, 1.82) is 0 Å². The largest absolute Gasteiger partial charge is 0.453 e. The summed E-state index contributed by atoms with van der Waals surface area (Å²) < 4.78 is 4.83. The lowest BCUT2D eigenvalue weighted by Gasteiger charge is -1.96. The fourth-order valence-corrected chi connectivity index (χ4v) is 0.777. The van der Waals surface area contributed by atoms with E-state index in [0.29, 0.717) is 11.8 Å². The van der Waals surface area contributed by atoms with Crippen LogP contribution in [0.1, 0.15) is 5.56 Å². The minimum absolute atomic E-state index is 0.407. The molecular formula is C6H8ClNO2. The molecule has 0 aliphatic heterocycles. The van der Waals surface area contributed by atoms with Crippen LogP contribution in [0.25, 0.3) is 0 Å². The molecule has 4 heteroatoms. The van der Waals surface area contributed by atoms with E-state index in [-0.39, 0.29) is 0 Å². The molecule has 0 atom stereocenters. The highest BCUT2D eigenvalue weighted by molar-refractivity contribution is 6.29. The van der Waals surface area contributed by atoms with Gasteiger partial charge < -0.3 is 9.25 Å². The van der Waals surface area contributed by atoms with E-state index >= 15 is 0 Å². The molecule has 1 N–H and O–H groups in total. The summed E-state index contributed by atoms with van der Waals surface area (Å²) in [6.07, 6.45) is 1.54. The van der Waals surface area contributed by atoms with Gasteiger partial charge in [0.25, 0.3) is 0 Å². The Bertz CT molecular complexity index is 199. The predicted octanol–water partition coefficient (Wildman–Crippen LogP) is 1.58. The van der Waals surface area contributed by atoms with Crippen LogP contribution in [0, 0.1) is 0 Å². The van der Waals surface area contributed by atoms with Crippen LogP contribution >= 0.6 is 11.6 Å². The first-order valence-electron chi connectivity index (χ1n) is 2.82. The molecule has 0 bridgehead atoms. The number of nitrogens with one attached hydrogen (secondary N) is 1. The van der Waals surface area contributed by atoms with Gasteiger partial charge >= 0.3 is 0 Å². The van der Waals surface area contributed by atoms with Crippen LogP contribution in [0.4, 0.5) is 0 Å². The molecule has 0 saturated carbocycles. The van der Waals surface area contributed by atoms with E-state index in [4.69, 9.17) is 16.0 Å². The van der Waals surface area contributed by atoms with Crippen molar-refractivity contribution in [3.63, 3.8) is 0 Å². The van der Waals surface area contributed by atoms with Crippen LogP contribution in [-0.4, -0.2) is 7.11 Å². The maximum Gasteiger partial charge on any atom is 0.197 e. The topological polar surface area (TPSA) is 34.4 Å². The molecule has 1 aromatic heterocycles. The Morgan fingerprint density at radius 2 is 2.60 bits per heavy atom. The molecule has 0 fully saturated rings. The number of halogens is 1. The highest BCUT2D eigenvalue weighted by atomic mass is 35.5. The smallest absolute Gasteiger partial charge is 0.197 e. The lowest BCUT2D eigenvalue weighted by atomic mass is 10.3. The molecule has 1 heterocycles. The minimum atomic E-state index is 0.407. The van der Waals surface area contributed by atoms with E-state index in [1.165, 1.54) is 6.26 Å². The standard InChI is InChI=1S/C6H8ClNO2/c1-9-8-4-5-2-3-10-6(5)7/h2-3,8H,4H2,1H3. The second kappa shape index (κ2) is 3.61. The van der Waals surface area contributed by atoms with Gasteiger partial charge in [-0.3, -0.25) is 0 Å². The third-order valence-electron chi connectivity index (χ3n) is 1.10. The molecule has 0 aromatic carbocycles. The quantitative estimate of drug-likeness (QED) is 0.684. The highest BCUT2D eigenvalue weighted by Gasteiger charge is 2.00. The van der Waals surface area contributed by atoms with Crippen LogP contribution < -0.4 is 5.48 Å². The fourth-order valence-electron chi connectivity index (χ4n) is 0.595. The van der Waals surface area contributed by atoms with Crippen LogP contribution in [0.5, 0.6) is 0 Å². The van der Waals surface area contributed by atoms with E-state index in [2.05, 4.69) is 10.3 Å². The average Bonchev–Trinajstić information content (AvgIpc) is 2.31. The SMILES string of the molecule is CONCc1ccoc1Cl. The fraction of sp³-hybridized carbons (Fsp3) is 0.333. The summed E-state index contributed by atoms with van der Waals surface area (Å²) >= 11 is 5.61. The number of hydrogen-bond acceptors (Lipinski definition) is 3. The molecule has 0 radical (unpaired) electrons. The maximum atomic E-state index is 5.61. The summed E-state index contributed by atoms with van der Waals surface area (Å²) in [7, 11) is 1.55. The normalized spacial score (nSPS) is 10.2. The Morgan fingerprint density at radius 1 is 1.80 bits per heavy atom. The molecule has 3 nitrogen and oxygen atoms in total. The molecule has 1 rings (SSSR count). The van der Waals surface area contributed by atoms with E-state index < -0.39 is 0 Å². The van der Waals surface area contributed by atoms with Crippen molar-refractivity contribution in [3.8, 4) is 0 Å². The first kappa shape index (κ1) is 7.60. The molecule has 0 aliphatic carbocycles. The minimum Gasteiger partial charge on any atom is -0.453 e. The third-order valence-corrected chi connectivity index (χ3v) is 1.43. The zero-order valence-electron chi connectivity index (χ0n) is 5.56. The molecule has 0 saturated heterocycles. The van der Waals surface area contributed by atoms with Gasteiger partial charge in [-0.05, 0) is 17.7 Å². The molecule has 0 spiro atoms. The van der Waals surface area contributed by atoms with Gasteiger partial charge in [-0.2, -0.15) is 5.48 Å². The van der Waals surface area contributed by atoms with Gasteiger partial charge in [-0.25, -0.2) is 0 Å². The van der Waals surface area contributed by atoms with Crippen LogP contribution in [0.2, 0.25) is 5.22 Å². The van der Waals surface area contributed by atoms with Crippen molar-refractivity contribution in [2.75, 3.05) is 7.11 Å². The zero-order valence-corrected chi connectivity index (χ0v) is 6.31. The van der Waals surface area contributed by atoms with E-state index in [0.717, 1.165) is 5.56 Å². The van der Waals surface area contributed by atoms with Crippen molar-refractivity contribution in [3.05, 3.63) is 23.1 Å². The second-order valence-electron chi connectivity index (χ2n) is 1.74. The van der Waals surface area contributed by atoms with Gasteiger partial charge in [0.2, 0.25) is 0 Å². The first-order chi connectivity index (χ1) is 4.84. The van der Waals surface area contributed by atoms with Gasteiger partial charge in [0, 0.05) is 5.56 Å². The van der Waals surface area contributed by atoms with Gasteiger partial charge in [0.05, 0.1) is 19.9 Å². The lowest BCUT2D eigenvalue weighted by Crippen LogP contribution is -2.10. The third kappa shape index (κ3) is 1.73. The van der Waals surface area contributed by atoms with Crippen molar-refractivity contribution >= 4 is 11.6 Å². The Kier molecular flexibility index (Phi) is 2.74. The van der Waals surface area contributed by atoms with Gasteiger partial charge in [-0.1, -0.05) is 0 Å². The summed E-state index contributed by atoms with van der Waals surface area (Å²) in [6, 6.07) is 1.79. The van der Waals surface area contributed by atoms with Gasteiger partial charge in [0.15, 0.2) is 5.22 Å². The van der Waals surface area contributed by atoms with Crippen molar-refractivity contribution < 1.29 is 9.25 Å². The molecule has 56 valence electrons. The Balaban J connectivity index is 2.49. The number of furan rings is 1. The van der Waals surface area contributed by atoms with E-state index in [1.807, 2.05) is 0 Å². The van der Waals surface area contributed by atoms with E-state index in [1.54, 1.807) is 13.2 Å². The summed E-state index contributed by atoms with van der Waals surface area (Å²) in [5.41, 5.74) is 3.54. The van der Waals surface area contributed by atoms with Crippen molar-refractivity contribution in [2.24, 2.45) is 0 Å². The summed E-state index contributed by atoms with van der Waals surface area (Å²) in [6.45, 7) is 0.561. The summed E-state index contributed by atoms with van der Waals surface area (Å²) in [5, 5.41) is 0.407. The number of rotatable bonds is 3. The first-order valence-corrected chi connectivity index (χ1v) is 3.20. The Labute approximate surface area is 63.9 Å². The highest BCUT2D eigenvalue weighted by Crippen LogP contribution is 2.15. The molecule has 0 amide bonds. The Morgan fingerprint density at radius 3 is 3.10 bits per heavy atom. The average molecular weight is 162 g/mol. The lowest BCUT2D eigenvalue weighted by molar-refractivity contribution is 0.0866. The van der Waals surface area contributed by atoms with Crippen LogP contribution in [0.3, 0.4) is 0 Å². The second-order valence-corrected chi connectivity index (χ2v) is 2.09. The molecule has 0 aliphatic rings. The Hall–Kier alpha value is -0.510. The molecule has 0 unspecified atom stereocenters. The molecule has 10 heavy (non-hydrogen) atoms. The number of hydroxylamine groups is 1. The summed E-state index contributed by atoms with van der Waals surface area (Å²) in [4.78, 5) is 4.62. The zero-order chi connectivity index (χ0) is 7.40. The molecule has 1 aromatic rings. The summed E-state index contributed by atoms with van der Waals surface area (Å²) in [5.74, 6) is 0. The van der Waals surface area contributed by atoms with Crippen LogP contribution in [0.15, 0.2) is 16.7 Å². The number of hydrogen-bond donors (Lipinski definition) is 1. The van der Waals surface area contributed by atoms with Crippen molar-refractivity contribution in [2.45, 2.75) is 6.54 Å². The molecular weight excluding hydrogens is 154 g/mol. The van der Waals surface area contributed by atoms with E-state index in [9.17, 15) is 0 Å². The monoisotopic (exact) mass is 161 g/mol. The van der Waals surface area contributed by atoms with Crippen LogP contribution in [-0.2, 0) is 11.4 Å². The van der Waals surface area contributed by atoms with Crippen molar-refractivity contribution in [1.82, 2.24) is 5.48 Å². The van der Waals surface area contributed by atoms with Gasteiger partial charge in [0.1, 0.15) is 0 Å². The maximum absolute atomic E-state index is 5.61. The van der Waals surface area contributed by atoms with Gasteiger partial charge in [-0.15, -0.1) is 0 Å².